The van der Waals surface area contributed by atoms with Crippen LogP contribution in [0.25, 0.3) is 10.6 Å². The summed E-state index contributed by atoms with van der Waals surface area (Å²) in [6.45, 7) is 2.04. The van der Waals surface area contributed by atoms with Crippen LogP contribution in [-0.2, 0) is 6.42 Å². The fourth-order valence-corrected chi connectivity index (χ4v) is 2.85. The molecule has 2 N–H and O–H groups in total. The molecule has 0 saturated heterocycles. The number of hydrogen-bond acceptors (Lipinski definition) is 5. The smallest absolute Gasteiger partial charge is 0.161 e. The maximum absolute atomic E-state index is 5.70. The molecule has 0 radical (unpaired) electrons. The summed E-state index contributed by atoms with van der Waals surface area (Å²) in [5, 5.41) is 3.06. The third-order valence-electron chi connectivity index (χ3n) is 2.95. The number of nitrogens with zero attached hydrogens (tertiary/aromatic N) is 1. The molecule has 1 aliphatic rings. The van der Waals surface area contributed by atoms with E-state index in [4.69, 9.17) is 15.2 Å². The lowest BCUT2D eigenvalue weighted by Crippen LogP contribution is -2.02. The van der Waals surface area contributed by atoms with Gasteiger partial charge in [-0.25, -0.2) is 4.98 Å². The number of thiazole rings is 1. The van der Waals surface area contributed by atoms with Gasteiger partial charge in [0.05, 0.1) is 18.9 Å². The van der Waals surface area contributed by atoms with Crippen LogP contribution in [0.1, 0.15) is 12.1 Å². The third-order valence-corrected chi connectivity index (χ3v) is 3.89. The molecule has 1 aromatic heterocycles. The molecule has 1 aliphatic heterocycles. The maximum atomic E-state index is 5.70. The van der Waals surface area contributed by atoms with Crippen LogP contribution < -0.4 is 15.2 Å². The summed E-state index contributed by atoms with van der Waals surface area (Å²) in [4.78, 5) is 4.58. The Morgan fingerprint density at radius 1 is 1.21 bits per heavy atom. The van der Waals surface area contributed by atoms with Crippen molar-refractivity contribution >= 4 is 11.3 Å². The lowest BCUT2D eigenvalue weighted by Gasteiger charge is -2.07. The van der Waals surface area contributed by atoms with Crippen molar-refractivity contribution in [2.75, 3.05) is 19.8 Å². The Kier molecular flexibility index (Phi) is 3.66. The van der Waals surface area contributed by atoms with Crippen LogP contribution in [0.4, 0.5) is 0 Å². The molecule has 0 bridgehead atoms. The average molecular weight is 276 g/mol. The van der Waals surface area contributed by atoms with Crippen molar-refractivity contribution in [1.29, 1.82) is 0 Å². The van der Waals surface area contributed by atoms with E-state index < -0.39 is 0 Å². The van der Waals surface area contributed by atoms with Crippen LogP contribution in [0.5, 0.6) is 11.5 Å². The van der Waals surface area contributed by atoms with Crippen molar-refractivity contribution < 1.29 is 9.47 Å². The molecule has 3 rings (SSSR count). The highest BCUT2D eigenvalue weighted by Gasteiger charge is 2.13. The van der Waals surface area contributed by atoms with Crippen molar-refractivity contribution in [2.45, 2.75) is 12.8 Å². The minimum atomic E-state index is 0.629. The highest BCUT2D eigenvalue weighted by molar-refractivity contribution is 7.13. The molecule has 100 valence electrons. The molecule has 5 heteroatoms. The van der Waals surface area contributed by atoms with Gasteiger partial charge >= 0.3 is 0 Å². The van der Waals surface area contributed by atoms with Crippen LogP contribution in [0.3, 0.4) is 0 Å². The average Bonchev–Trinajstić information content (AvgIpc) is 2.76. The van der Waals surface area contributed by atoms with E-state index in [0.717, 1.165) is 40.6 Å². The molecule has 4 nitrogen and oxygen atoms in total. The Bertz CT molecular complexity index is 568. The fourth-order valence-electron chi connectivity index (χ4n) is 2.00. The molecule has 19 heavy (non-hydrogen) atoms. The molecular weight excluding hydrogens is 260 g/mol. The van der Waals surface area contributed by atoms with E-state index in [2.05, 4.69) is 10.4 Å². The molecule has 0 fully saturated rings. The zero-order valence-corrected chi connectivity index (χ0v) is 11.4. The lowest BCUT2D eigenvalue weighted by molar-refractivity contribution is 0.297. The van der Waals surface area contributed by atoms with Gasteiger partial charge in [-0.1, -0.05) is 0 Å². The molecule has 0 atom stereocenters. The van der Waals surface area contributed by atoms with E-state index in [9.17, 15) is 0 Å². The third kappa shape index (κ3) is 2.72. The van der Waals surface area contributed by atoms with Crippen LogP contribution in [0.2, 0.25) is 0 Å². The van der Waals surface area contributed by atoms with Crippen molar-refractivity contribution in [3.05, 3.63) is 29.3 Å². The molecule has 1 aromatic carbocycles. The first kappa shape index (κ1) is 12.4. The summed E-state index contributed by atoms with van der Waals surface area (Å²) >= 11 is 1.64. The van der Waals surface area contributed by atoms with Crippen LogP contribution in [-0.4, -0.2) is 24.7 Å². The molecule has 2 heterocycles. The van der Waals surface area contributed by atoms with Gasteiger partial charge in [0.15, 0.2) is 11.5 Å². The van der Waals surface area contributed by atoms with Crippen LogP contribution >= 0.6 is 11.3 Å². The summed E-state index contributed by atoms with van der Waals surface area (Å²) in [6.07, 6.45) is 1.74. The van der Waals surface area contributed by atoms with Crippen molar-refractivity contribution in [2.24, 2.45) is 5.73 Å². The van der Waals surface area contributed by atoms with E-state index in [0.29, 0.717) is 19.8 Å². The number of fused-ring (bicyclic) bond motifs is 1. The molecule has 0 aliphatic carbocycles. The Morgan fingerprint density at radius 2 is 2.05 bits per heavy atom. The second kappa shape index (κ2) is 5.59. The Morgan fingerprint density at radius 3 is 2.89 bits per heavy atom. The van der Waals surface area contributed by atoms with Gasteiger partial charge in [-0.05, 0) is 24.7 Å². The zero-order valence-electron chi connectivity index (χ0n) is 10.6. The van der Waals surface area contributed by atoms with E-state index in [-0.39, 0.29) is 0 Å². The van der Waals surface area contributed by atoms with Gasteiger partial charge < -0.3 is 15.2 Å². The molecule has 0 spiro atoms. The van der Waals surface area contributed by atoms with Crippen molar-refractivity contribution in [3.8, 4) is 22.1 Å². The van der Waals surface area contributed by atoms with Gasteiger partial charge in [0, 0.05) is 23.8 Å². The van der Waals surface area contributed by atoms with E-state index in [1.54, 1.807) is 11.3 Å². The van der Waals surface area contributed by atoms with Gasteiger partial charge in [0.2, 0.25) is 0 Å². The van der Waals surface area contributed by atoms with E-state index in [1.807, 2.05) is 18.2 Å². The topological polar surface area (TPSA) is 57.4 Å². The van der Waals surface area contributed by atoms with Crippen LogP contribution in [0.15, 0.2) is 23.6 Å². The number of benzene rings is 1. The van der Waals surface area contributed by atoms with Gasteiger partial charge in [0.25, 0.3) is 0 Å². The van der Waals surface area contributed by atoms with Gasteiger partial charge in [-0.15, -0.1) is 11.3 Å². The number of hydrogen-bond donors (Lipinski definition) is 1. The Balaban J connectivity index is 1.89. The molecular formula is C14H16N2O2S. The van der Waals surface area contributed by atoms with Gasteiger partial charge in [-0.3, -0.25) is 0 Å². The predicted molar refractivity (Wildman–Crippen MR) is 75.9 cm³/mol. The number of aromatic nitrogens is 1. The lowest BCUT2D eigenvalue weighted by atomic mass is 10.2. The highest BCUT2D eigenvalue weighted by Crippen LogP contribution is 2.35. The van der Waals surface area contributed by atoms with Crippen molar-refractivity contribution in [3.63, 3.8) is 0 Å². The molecule has 0 saturated carbocycles. The first-order valence-corrected chi connectivity index (χ1v) is 7.29. The predicted octanol–water partition coefficient (Wildman–Crippen LogP) is 2.47. The summed E-state index contributed by atoms with van der Waals surface area (Å²) in [7, 11) is 0. The van der Waals surface area contributed by atoms with E-state index >= 15 is 0 Å². The SMILES string of the molecule is NCCc1csc(-c2ccc3c(c2)OCCCO3)n1. The summed E-state index contributed by atoms with van der Waals surface area (Å²) in [6, 6.07) is 5.99. The van der Waals surface area contributed by atoms with Crippen LogP contribution in [0, 0.1) is 0 Å². The van der Waals surface area contributed by atoms with Gasteiger partial charge in [-0.2, -0.15) is 0 Å². The Labute approximate surface area is 116 Å². The first-order chi connectivity index (χ1) is 9.36. The summed E-state index contributed by atoms with van der Waals surface area (Å²) in [5.41, 5.74) is 7.66. The second-order valence-corrected chi connectivity index (χ2v) is 5.25. The van der Waals surface area contributed by atoms with E-state index in [1.165, 1.54) is 0 Å². The largest absolute Gasteiger partial charge is 0.490 e. The second-order valence-electron chi connectivity index (χ2n) is 4.39. The molecule has 0 amide bonds. The highest BCUT2D eigenvalue weighted by atomic mass is 32.1. The molecule has 2 aromatic rings. The summed E-state index contributed by atoms with van der Waals surface area (Å²) in [5.74, 6) is 1.63. The first-order valence-electron chi connectivity index (χ1n) is 6.41. The minimum Gasteiger partial charge on any atom is -0.490 e. The monoisotopic (exact) mass is 276 g/mol. The van der Waals surface area contributed by atoms with Gasteiger partial charge in [0.1, 0.15) is 5.01 Å². The molecule has 0 unspecified atom stereocenters. The van der Waals surface area contributed by atoms with Crippen molar-refractivity contribution in [1.82, 2.24) is 4.98 Å². The number of ether oxygens (including phenoxy) is 2. The summed E-state index contributed by atoms with van der Waals surface area (Å²) < 4.78 is 11.3. The zero-order chi connectivity index (χ0) is 13.1. The maximum Gasteiger partial charge on any atom is 0.161 e. The normalized spacial score (nSPS) is 14.2. The number of nitrogens with two attached hydrogens (primary N) is 1. The fraction of sp³-hybridized carbons (Fsp3) is 0.357. The quantitative estimate of drug-likeness (QED) is 0.935. The minimum absolute atomic E-state index is 0.629. The number of rotatable bonds is 3. The Hall–Kier alpha value is -1.59. The standard InChI is InChI=1S/C14H16N2O2S/c15-5-4-11-9-19-14(16-11)10-2-3-12-13(8-10)18-7-1-6-17-12/h2-3,8-9H,1,4-7,15H2.